The van der Waals surface area contributed by atoms with Crippen molar-refractivity contribution in [2.75, 3.05) is 14.2 Å². The molecule has 1 atom stereocenters. The van der Waals surface area contributed by atoms with Crippen molar-refractivity contribution in [1.29, 1.82) is 0 Å². The van der Waals surface area contributed by atoms with E-state index in [2.05, 4.69) is 18.2 Å². The van der Waals surface area contributed by atoms with Crippen LogP contribution in [0.3, 0.4) is 0 Å². The second kappa shape index (κ2) is 7.37. The molecule has 0 aliphatic carbocycles. The summed E-state index contributed by atoms with van der Waals surface area (Å²) in [6, 6.07) is 14.3. The summed E-state index contributed by atoms with van der Waals surface area (Å²) < 4.78 is 10.4. The van der Waals surface area contributed by atoms with E-state index in [9.17, 15) is 0 Å². The lowest BCUT2D eigenvalue weighted by atomic mass is 10.0. The van der Waals surface area contributed by atoms with E-state index in [4.69, 9.17) is 21.1 Å². The van der Waals surface area contributed by atoms with Crippen LogP contribution in [0.15, 0.2) is 42.5 Å². The van der Waals surface area contributed by atoms with Gasteiger partial charge in [-0.15, -0.1) is 11.6 Å². The van der Waals surface area contributed by atoms with Crippen molar-refractivity contribution in [1.82, 2.24) is 0 Å². The molecule has 112 valence electrons. The van der Waals surface area contributed by atoms with Crippen LogP contribution in [0, 0.1) is 6.92 Å². The van der Waals surface area contributed by atoms with Crippen LogP contribution in [0.5, 0.6) is 11.5 Å². The standard InChI is InChI=1S/C18H21ClO2/c1-13-12-15(7-11-18(13)21-3)17(19)10-6-14-4-8-16(20-2)9-5-14/h4-5,7-9,11-12,17H,6,10H2,1-3H3. The minimum Gasteiger partial charge on any atom is -0.497 e. The van der Waals surface area contributed by atoms with Crippen LogP contribution < -0.4 is 9.47 Å². The molecule has 0 aliphatic heterocycles. The number of alkyl halides is 1. The molecule has 0 radical (unpaired) electrons. The Labute approximate surface area is 131 Å². The monoisotopic (exact) mass is 304 g/mol. The number of halogens is 1. The zero-order valence-electron chi connectivity index (χ0n) is 12.7. The summed E-state index contributed by atoms with van der Waals surface area (Å²) in [6.45, 7) is 2.04. The third-order valence-electron chi connectivity index (χ3n) is 3.63. The number of ether oxygens (including phenoxy) is 2. The first-order valence-corrected chi connectivity index (χ1v) is 7.49. The Bertz CT molecular complexity index is 578. The van der Waals surface area contributed by atoms with E-state index in [-0.39, 0.29) is 5.38 Å². The van der Waals surface area contributed by atoms with Crippen LogP contribution in [-0.4, -0.2) is 14.2 Å². The number of rotatable bonds is 6. The largest absolute Gasteiger partial charge is 0.497 e. The molecule has 2 rings (SSSR count). The minimum atomic E-state index is 0.0108. The Balaban J connectivity index is 1.97. The average Bonchev–Trinajstić information content (AvgIpc) is 2.53. The molecular weight excluding hydrogens is 284 g/mol. The quantitative estimate of drug-likeness (QED) is 0.705. The zero-order valence-corrected chi connectivity index (χ0v) is 13.5. The van der Waals surface area contributed by atoms with Gasteiger partial charge in [-0.25, -0.2) is 0 Å². The highest BCUT2D eigenvalue weighted by atomic mass is 35.5. The van der Waals surface area contributed by atoms with Crippen molar-refractivity contribution in [3.63, 3.8) is 0 Å². The van der Waals surface area contributed by atoms with Crippen LogP contribution >= 0.6 is 11.6 Å². The van der Waals surface area contributed by atoms with Crippen molar-refractivity contribution in [3.8, 4) is 11.5 Å². The van der Waals surface area contributed by atoms with Crippen molar-refractivity contribution in [3.05, 3.63) is 59.2 Å². The van der Waals surface area contributed by atoms with Crippen LogP contribution in [-0.2, 0) is 6.42 Å². The molecule has 0 aliphatic rings. The molecule has 3 heteroatoms. The molecule has 0 amide bonds. The first kappa shape index (κ1) is 15.7. The van der Waals surface area contributed by atoms with Gasteiger partial charge in [0.1, 0.15) is 11.5 Å². The summed E-state index contributed by atoms with van der Waals surface area (Å²) in [4.78, 5) is 0. The van der Waals surface area contributed by atoms with Crippen molar-refractivity contribution >= 4 is 11.6 Å². The number of hydrogen-bond donors (Lipinski definition) is 0. The van der Waals surface area contributed by atoms with Crippen molar-refractivity contribution in [2.24, 2.45) is 0 Å². The lowest BCUT2D eigenvalue weighted by Crippen LogP contribution is -1.96. The third-order valence-corrected chi connectivity index (χ3v) is 4.10. The Hall–Kier alpha value is -1.67. The Morgan fingerprint density at radius 1 is 1.00 bits per heavy atom. The molecule has 1 unspecified atom stereocenters. The van der Waals surface area contributed by atoms with E-state index in [1.165, 1.54) is 5.56 Å². The molecule has 0 fully saturated rings. The molecule has 0 saturated heterocycles. The van der Waals surface area contributed by atoms with E-state index >= 15 is 0 Å². The highest BCUT2D eigenvalue weighted by molar-refractivity contribution is 6.20. The van der Waals surface area contributed by atoms with E-state index in [1.54, 1.807) is 14.2 Å². The summed E-state index contributed by atoms with van der Waals surface area (Å²) in [5, 5.41) is 0.0108. The molecule has 2 nitrogen and oxygen atoms in total. The van der Waals surface area contributed by atoms with Gasteiger partial charge in [-0.05, 0) is 54.7 Å². The van der Waals surface area contributed by atoms with E-state index < -0.39 is 0 Å². The van der Waals surface area contributed by atoms with Crippen LogP contribution in [0.25, 0.3) is 0 Å². The van der Waals surface area contributed by atoms with E-state index in [0.717, 1.165) is 35.5 Å². The van der Waals surface area contributed by atoms with Gasteiger partial charge < -0.3 is 9.47 Å². The molecule has 21 heavy (non-hydrogen) atoms. The normalized spacial score (nSPS) is 12.0. The van der Waals surface area contributed by atoms with Crippen LogP contribution in [0.1, 0.15) is 28.5 Å². The van der Waals surface area contributed by atoms with Gasteiger partial charge in [-0.1, -0.05) is 24.3 Å². The highest BCUT2D eigenvalue weighted by Crippen LogP contribution is 2.29. The fraction of sp³-hybridized carbons (Fsp3) is 0.333. The first-order chi connectivity index (χ1) is 10.1. The molecule has 0 bridgehead atoms. The summed E-state index contributed by atoms with van der Waals surface area (Å²) in [5.41, 5.74) is 3.53. The SMILES string of the molecule is COc1ccc(CCC(Cl)c2ccc(OC)c(C)c2)cc1. The van der Waals surface area contributed by atoms with Gasteiger partial charge in [0, 0.05) is 0 Å². The number of hydrogen-bond acceptors (Lipinski definition) is 2. The molecular formula is C18H21ClO2. The predicted molar refractivity (Wildman–Crippen MR) is 87.6 cm³/mol. The lowest BCUT2D eigenvalue weighted by molar-refractivity contribution is 0.411. The fourth-order valence-electron chi connectivity index (χ4n) is 2.35. The highest BCUT2D eigenvalue weighted by Gasteiger charge is 2.10. The van der Waals surface area contributed by atoms with Gasteiger partial charge in [0.25, 0.3) is 0 Å². The Morgan fingerprint density at radius 3 is 2.29 bits per heavy atom. The Morgan fingerprint density at radius 2 is 1.71 bits per heavy atom. The first-order valence-electron chi connectivity index (χ1n) is 7.05. The molecule has 0 heterocycles. The van der Waals surface area contributed by atoms with Gasteiger partial charge in [-0.2, -0.15) is 0 Å². The van der Waals surface area contributed by atoms with Gasteiger partial charge >= 0.3 is 0 Å². The maximum Gasteiger partial charge on any atom is 0.121 e. The molecule has 0 N–H and O–H groups in total. The minimum absolute atomic E-state index is 0.0108. The summed E-state index contributed by atoms with van der Waals surface area (Å²) in [5.74, 6) is 1.78. The lowest BCUT2D eigenvalue weighted by Gasteiger charge is -2.13. The molecule has 2 aromatic carbocycles. The third kappa shape index (κ3) is 4.15. The van der Waals surface area contributed by atoms with Crippen molar-refractivity contribution < 1.29 is 9.47 Å². The average molecular weight is 305 g/mol. The number of methoxy groups -OCH3 is 2. The van der Waals surface area contributed by atoms with Crippen LogP contribution in [0.4, 0.5) is 0 Å². The fourth-order valence-corrected chi connectivity index (χ4v) is 2.59. The molecule has 0 spiro atoms. The van der Waals surface area contributed by atoms with Gasteiger partial charge in [0.15, 0.2) is 0 Å². The van der Waals surface area contributed by atoms with Gasteiger partial charge in [-0.3, -0.25) is 0 Å². The second-order valence-corrected chi connectivity index (χ2v) is 5.61. The molecule has 0 aromatic heterocycles. The molecule has 0 saturated carbocycles. The zero-order chi connectivity index (χ0) is 15.2. The summed E-state index contributed by atoms with van der Waals surface area (Å²) >= 11 is 6.52. The van der Waals surface area contributed by atoms with Gasteiger partial charge in [0.2, 0.25) is 0 Å². The summed E-state index contributed by atoms with van der Waals surface area (Å²) in [6.07, 6.45) is 1.85. The maximum atomic E-state index is 6.52. The number of benzene rings is 2. The second-order valence-electron chi connectivity index (χ2n) is 5.08. The van der Waals surface area contributed by atoms with Gasteiger partial charge in [0.05, 0.1) is 19.6 Å². The number of aryl methyl sites for hydroxylation is 2. The topological polar surface area (TPSA) is 18.5 Å². The molecule has 2 aromatic rings. The van der Waals surface area contributed by atoms with Crippen LogP contribution in [0.2, 0.25) is 0 Å². The van der Waals surface area contributed by atoms with E-state index in [0.29, 0.717) is 0 Å². The van der Waals surface area contributed by atoms with Crippen molar-refractivity contribution in [2.45, 2.75) is 25.1 Å². The smallest absolute Gasteiger partial charge is 0.121 e. The maximum absolute atomic E-state index is 6.52. The summed E-state index contributed by atoms with van der Waals surface area (Å²) in [7, 11) is 3.36. The predicted octanol–water partition coefficient (Wildman–Crippen LogP) is 4.92. The Kier molecular flexibility index (Phi) is 5.51. The van der Waals surface area contributed by atoms with E-state index in [1.807, 2.05) is 31.2 Å².